The highest BCUT2D eigenvalue weighted by atomic mass is 19.4. The monoisotopic (exact) mass is 566 g/mol. The summed E-state index contributed by atoms with van der Waals surface area (Å²) < 4.78 is 40.5. The fourth-order valence-corrected chi connectivity index (χ4v) is 4.89. The highest BCUT2D eigenvalue weighted by Gasteiger charge is 2.36. The number of amides is 2. The number of nitrogens with two attached hydrogens (primary N) is 1. The molecule has 0 spiro atoms. The summed E-state index contributed by atoms with van der Waals surface area (Å²) in [4.78, 5) is 36.9. The van der Waals surface area contributed by atoms with Crippen LogP contribution < -0.4 is 21.9 Å². The van der Waals surface area contributed by atoms with Crippen molar-refractivity contribution < 1.29 is 22.8 Å². The summed E-state index contributed by atoms with van der Waals surface area (Å²) in [5, 5.41) is 11.8. The number of carbonyl (C=O) groups is 2. The molecular weight excluding hydrogens is 537 g/mol. The third kappa shape index (κ3) is 5.99. The molecule has 6 N–H and O–H groups in total. The molecule has 0 atom stereocenters. The standard InChI is InChI=1S/C28H29F3N8O2/c1-2-15-12-18(5-6-19(15)27(41)35-9-8-34-26(40)16-10-17(32)11-16)38-25-23-20(4-3-7-33-25)21(13-36-23)22-14-37-39-24(22)28(29,30)31/h3-7,12-14,16-17,36H,2,8-11,32H2,1H3,(H,34,40)(H,35,41)(H,37,39). The number of hydrogen-bond acceptors (Lipinski definition) is 6. The van der Waals surface area contributed by atoms with Crippen LogP contribution in [0.4, 0.5) is 18.9 Å². The first-order chi connectivity index (χ1) is 19.7. The normalized spacial score (nSPS) is 17.3. The lowest BCUT2D eigenvalue weighted by Crippen LogP contribution is -2.46. The van der Waals surface area contributed by atoms with Gasteiger partial charge in [-0.05, 0) is 49.1 Å². The van der Waals surface area contributed by atoms with Gasteiger partial charge in [0.2, 0.25) is 5.91 Å². The number of fused-ring (bicyclic) bond motifs is 1. The molecule has 0 saturated heterocycles. The van der Waals surface area contributed by atoms with Gasteiger partial charge in [-0.2, -0.15) is 18.3 Å². The Kier molecular flexibility index (Phi) is 7.88. The number of nitrogens with zero attached hydrogens (tertiary/aromatic N) is 3. The lowest BCUT2D eigenvalue weighted by Gasteiger charge is -2.31. The first-order valence-electron chi connectivity index (χ1n) is 13.2. The van der Waals surface area contributed by atoms with Crippen LogP contribution in [0.25, 0.3) is 22.0 Å². The Labute approximate surface area is 232 Å². The van der Waals surface area contributed by atoms with Gasteiger partial charge in [0.05, 0.1) is 17.4 Å². The minimum atomic E-state index is -4.60. The van der Waals surface area contributed by atoms with E-state index in [0.29, 0.717) is 53.5 Å². The molecule has 5 rings (SSSR count). The van der Waals surface area contributed by atoms with Gasteiger partial charge >= 0.3 is 6.18 Å². The zero-order chi connectivity index (χ0) is 29.1. The van der Waals surface area contributed by atoms with E-state index in [-0.39, 0.29) is 41.4 Å². The lowest BCUT2D eigenvalue weighted by molar-refractivity contribution is -0.140. The molecule has 0 bridgehead atoms. The van der Waals surface area contributed by atoms with Crippen LogP contribution in [-0.4, -0.2) is 51.1 Å². The van der Waals surface area contributed by atoms with E-state index < -0.39 is 11.9 Å². The van der Waals surface area contributed by atoms with Gasteiger partial charge in [-0.1, -0.05) is 13.0 Å². The van der Waals surface area contributed by atoms with E-state index in [1.807, 2.05) is 12.0 Å². The van der Waals surface area contributed by atoms with Crippen molar-refractivity contribution in [2.24, 2.45) is 16.6 Å². The number of aryl methyl sites for hydroxylation is 1. The quantitative estimate of drug-likeness (QED) is 0.207. The van der Waals surface area contributed by atoms with E-state index in [4.69, 9.17) is 5.73 Å². The molecular formula is C28H29F3N8O2. The summed E-state index contributed by atoms with van der Waals surface area (Å²) in [5.41, 5.74) is 7.50. The predicted molar refractivity (Wildman–Crippen MR) is 146 cm³/mol. The summed E-state index contributed by atoms with van der Waals surface area (Å²) in [6.07, 6.45) is 1.46. The van der Waals surface area contributed by atoms with Crippen molar-refractivity contribution in [3.05, 3.63) is 71.2 Å². The Morgan fingerprint density at radius 1 is 1.15 bits per heavy atom. The van der Waals surface area contributed by atoms with Crippen LogP contribution >= 0.6 is 0 Å². The van der Waals surface area contributed by atoms with Crippen LogP contribution in [0.2, 0.25) is 0 Å². The molecule has 1 fully saturated rings. The van der Waals surface area contributed by atoms with Crippen molar-refractivity contribution in [1.82, 2.24) is 30.8 Å². The molecule has 3 aromatic heterocycles. The van der Waals surface area contributed by atoms with Gasteiger partial charge in [-0.15, -0.1) is 0 Å². The molecule has 1 aliphatic carbocycles. The van der Waals surface area contributed by atoms with Crippen molar-refractivity contribution in [2.45, 2.75) is 38.4 Å². The summed E-state index contributed by atoms with van der Waals surface area (Å²) in [5.74, 6) is -0.362. The topological polar surface area (TPSA) is 154 Å². The number of alkyl halides is 3. The molecule has 13 heteroatoms. The number of H-pyrrole nitrogens is 2. The summed E-state index contributed by atoms with van der Waals surface area (Å²) in [6, 6.07) is 8.50. The molecule has 1 aliphatic rings. The number of benzene rings is 1. The van der Waals surface area contributed by atoms with Gasteiger partial charge in [0.25, 0.3) is 5.91 Å². The minimum Gasteiger partial charge on any atom is -0.357 e. The number of halogens is 3. The Bertz CT molecular complexity index is 1650. The second-order valence-corrected chi connectivity index (χ2v) is 9.89. The number of nitrogens with one attached hydrogen (secondary N) is 4. The number of aromatic nitrogens is 4. The van der Waals surface area contributed by atoms with Crippen LogP contribution in [0.3, 0.4) is 0 Å². The van der Waals surface area contributed by atoms with Gasteiger partial charge in [0, 0.05) is 59.5 Å². The highest BCUT2D eigenvalue weighted by Crippen LogP contribution is 2.37. The smallest absolute Gasteiger partial charge is 0.357 e. The third-order valence-electron chi connectivity index (χ3n) is 7.11. The Morgan fingerprint density at radius 3 is 2.66 bits per heavy atom. The molecule has 10 nitrogen and oxygen atoms in total. The lowest BCUT2D eigenvalue weighted by atomic mass is 9.80. The molecule has 3 heterocycles. The zero-order valence-corrected chi connectivity index (χ0v) is 22.2. The highest BCUT2D eigenvalue weighted by molar-refractivity contribution is 5.96. The molecule has 4 aromatic rings. The maximum atomic E-state index is 13.5. The zero-order valence-electron chi connectivity index (χ0n) is 22.2. The average molecular weight is 567 g/mol. The van der Waals surface area contributed by atoms with Crippen molar-refractivity contribution in [3.63, 3.8) is 0 Å². The SMILES string of the molecule is CCc1cc(N=c2ncccc3c(-c4cn[nH]c4C(F)(F)F)c[nH]c23)ccc1C(=O)NCCNC(=O)C1CC(N)C1. The summed E-state index contributed by atoms with van der Waals surface area (Å²) in [6.45, 7) is 2.51. The van der Waals surface area contributed by atoms with E-state index in [1.165, 1.54) is 12.4 Å². The van der Waals surface area contributed by atoms with Crippen molar-refractivity contribution >= 4 is 28.4 Å². The van der Waals surface area contributed by atoms with Crippen LogP contribution in [-0.2, 0) is 17.4 Å². The average Bonchev–Trinajstić information content (AvgIpc) is 3.53. The summed E-state index contributed by atoms with van der Waals surface area (Å²) in [7, 11) is 0. The third-order valence-corrected chi connectivity index (χ3v) is 7.11. The van der Waals surface area contributed by atoms with E-state index in [1.54, 1.807) is 30.3 Å². The van der Waals surface area contributed by atoms with E-state index in [2.05, 4.69) is 30.7 Å². The van der Waals surface area contributed by atoms with Crippen LogP contribution in [0, 0.1) is 5.92 Å². The van der Waals surface area contributed by atoms with Gasteiger partial charge in [-0.25, -0.2) is 9.98 Å². The second-order valence-electron chi connectivity index (χ2n) is 9.89. The van der Waals surface area contributed by atoms with E-state index in [0.717, 1.165) is 11.8 Å². The van der Waals surface area contributed by atoms with Gasteiger partial charge in [-0.3, -0.25) is 14.7 Å². The maximum Gasteiger partial charge on any atom is 0.433 e. The van der Waals surface area contributed by atoms with Gasteiger partial charge in [0.15, 0.2) is 5.49 Å². The van der Waals surface area contributed by atoms with Gasteiger partial charge in [0.1, 0.15) is 5.69 Å². The van der Waals surface area contributed by atoms with Crippen molar-refractivity contribution in [1.29, 1.82) is 0 Å². The van der Waals surface area contributed by atoms with Crippen LogP contribution in [0.5, 0.6) is 0 Å². The molecule has 214 valence electrons. The van der Waals surface area contributed by atoms with Crippen molar-refractivity contribution in [3.8, 4) is 11.1 Å². The Balaban J connectivity index is 1.36. The molecule has 0 aliphatic heterocycles. The molecule has 2 amide bonds. The minimum absolute atomic E-state index is 0.0436. The first kappa shape index (κ1) is 28.0. The largest absolute Gasteiger partial charge is 0.433 e. The Hall–Kier alpha value is -4.52. The number of carbonyl (C=O) groups excluding carboxylic acids is 2. The fraction of sp³-hybridized carbons (Fsp3) is 0.321. The molecule has 1 saturated carbocycles. The van der Waals surface area contributed by atoms with Crippen LogP contribution in [0.1, 0.15) is 41.4 Å². The predicted octanol–water partition coefficient (Wildman–Crippen LogP) is 3.35. The fourth-order valence-electron chi connectivity index (χ4n) is 4.89. The van der Waals surface area contributed by atoms with Crippen LogP contribution in [0.15, 0.2) is 53.9 Å². The number of aromatic amines is 2. The molecule has 0 radical (unpaired) electrons. The van der Waals surface area contributed by atoms with E-state index >= 15 is 0 Å². The van der Waals surface area contributed by atoms with Crippen molar-refractivity contribution in [2.75, 3.05) is 13.1 Å². The first-order valence-corrected chi connectivity index (χ1v) is 13.2. The summed E-state index contributed by atoms with van der Waals surface area (Å²) >= 11 is 0. The molecule has 1 aromatic carbocycles. The van der Waals surface area contributed by atoms with Gasteiger partial charge < -0.3 is 21.4 Å². The molecule has 41 heavy (non-hydrogen) atoms. The molecule has 0 unspecified atom stereocenters. The Morgan fingerprint density at radius 2 is 1.93 bits per heavy atom. The second kappa shape index (κ2) is 11.5. The number of rotatable bonds is 8. The van der Waals surface area contributed by atoms with E-state index in [9.17, 15) is 22.8 Å². The maximum absolute atomic E-state index is 13.5. The number of hydrogen-bond donors (Lipinski definition) is 5.